The number of rotatable bonds is 8. The van der Waals surface area contributed by atoms with E-state index in [2.05, 4.69) is 15.1 Å². The lowest BCUT2D eigenvalue weighted by Crippen LogP contribution is -2.57. The van der Waals surface area contributed by atoms with Crippen molar-refractivity contribution in [3.63, 3.8) is 0 Å². The number of benzene rings is 2. The second kappa shape index (κ2) is 11.1. The first-order chi connectivity index (χ1) is 16.5. The zero-order chi connectivity index (χ0) is 24.1. The number of ether oxygens (including phenoxy) is 3. The molecular weight excluding hydrogens is 438 g/mol. The fraction of sp³-hybridized carbons (Fsp3) is 0.480. The van der Waals surface area contributed by atoms with Gasteiger partial charge >= 0.3 is 0 Å². The van der Waals surface area contributed by atoms with Gasteiger partial charge in [0.15, 0.2) is 0 Å². The Hall–Kier alpha value is -2.85. The van der Waals surface area contributed by atoms with Crippen LogP contribution in [0.2, 0.25) is 0 Å². The van der Waals surface area contributed by atoms with Crippen molar-refractivity contribution in [2.75, 3.05) is 58.5 Å². The van der Waals surface area contributed by atoms with Gasteiger partial charge in [-0.15, -0.1) is 0 Å². The van der Waals surface area contributed by atoms with Gasteiger partial charge in [-0.2, -0.15) is 0 Å². The third-order valence-electron chi connectivity index (χ3n) is 6.62. The lowest BCUT2D eigenvalue weighted by Gasteiger charge is -2.41. The van der Waals surface area contributed by atoms with Crippen molar-refractivity contribution in [2.24, 2.45) is 0 Å². The molecule has 2 fully saturated rings. The second-order valence-electron chi connectivity index (χ2n) is 8.51. The molecule has 4 atom stereocenters. The fourth-order valence-electron chi connectivity index (χ4n) is 4.79. The van der Waals surface area contributed by atoms with Crippen molar-refractivity contribution in [3.8, 4) is 11.5 Å². The standard InChI is InChI=1S/C25H33N3O6/c1-32-18-9-7-17(8-10-18)25(31)26-15-21-23(24(30)22(16-29)34-21)28-13-11-27(12-14-28)19-5-3-4-6-20(19)33-2/h3-10,21-24,29-30H,11-16H2,1-2H3,(H,26,31). The highest BCUT2D eigenvalue weighted by Gasteiger charge is 2.46. The quantitative estimate of drug-likeness (QED) is 0.518. The van der Waals surface area contributed by atoms with Crippen molar-refractivity contribution < 1.29 is 29.2 Å². The molecule has 2 saturated heterocycles. The maximum absolute atomic E-state index is 12.6. The number of piperazine rings is 1. The van der Waals surface area contributed by atoms with Crippen molar-refractivity contribution in [1.29, 1.82) is 0 Å². The van der Waals surface area contributed by atoms with E-state index in [0.717, 1.165) is 24.5 Å². The molecule has 0 saturated carbocycles. The summed E-state index contributed by atoms with van der Waals surface area (Å²) in [6.07, 6.45) is -1.96. The normalized spacial score (nSPS) is 25.2. The molecule has 4 rings (SSSR count). The predicted octanol–water partition coefficient (Wildman–Crippen LogP) is 0.745. The third-order valence-corrected chi connectivity index (χ3v) is 6.62. The SMILES string of the molecule is COc1ccc(C(=O)NCC2OC(CO)C(O)C2N2CCN(c3ccccc3OC)CC2)cc1. The Kier molecular flexibility index (Phi) is 7.89. The van der Waals surface area contributed by atoms with E-state index in [-0.39, 0.29) is 25.1 Å². The van der Waals surface area contributed by atoms with E-state index in [4.69, 9.17) is 14.2 Å². The van der Waals surface area contributed by atoms with Gasteiger partial charge in [-0.05, 0) is 36.4 Å². The van der Waals surface area contributed by atoms with Crippen LogP contribution < -0.4 is 19.7 Å². The van der Waals surface area contributed by atoms with Crippen LogP contribution in [0.4, 0.5) is 5.69 Å². The number of nitrogens with zero attached hydrogens (tertiary/aromatic N) is 2. The maximum atomic E-state index is 12.6. The molecule has 2 aromatic carbocycles. The summed E-state index contributed by atoms with van der Waals surface area (Å²) in [7, 11) is 3.24. The maximum Gasteiger partial charge on any atom is 0.251 e. The fourth-order valence-corrected chi connectivity index (χ4v) is 4.79. The van der Waals surface area contributed by atoms with Crippen LogP contribution >= 0.6 is 0 Å². The number of methoxy groups -OCH3 is 2. The summed E-state index contributed by atoms with van der Waals surface area (Å²) in [6, 6.07) is 14.5. The van der Waals surface area contributed by atoms with Crippen LogP contribution in [0, 0.1) is 0 Å². The van der Waals surface area contributed by atoms with E-state index in [0.29, 0.717) is 24.4 Å². The number of para-hydroxylation sites is 2. The summed E-state index contributed by atoms with van der Waals surface area (Å²) in [5.74, 6) is 1.28. The first-order valence-electron chi connectivity index (χ1n) is 11.5. The Balaban J connectivity index is 1.39. The van der Waals surface area contributed by atoms with E-state index < -0.39 is 18.3 Å². The third kappa shape index (κ3) is 5.12. The van der Waals surface area contributed by atoms with Gasteiger partial charge < -0.3 is 34.6 Å². The summed E-state index contributed by atoms with van der Waals surface area (Å²) in [5, 5.41) is 23.5. The lowest BCUT2D eigenvalue weighted by atomic mass is 10.0. The second-order valence-corrected chi connectivity index (χ2v) is 8.51. The molecule has 2 aromatic rings. The molecule has 2 heterocycles. The Morgan fingerprint density at radius 2 is 1.74 bits per heavy atom. The molecule has 34 heavy (non-hydrogen) atoms. The number of carbonyl (C=O) groups is 1. The van der Waals surface area contributed by atoms with Crippen LogP contribution in [-0.2, 0) is 4.74 Å². The number of carbonyl (C=O) groups excluding carboxylic acids is 1. The molecule has 0 aliphatic carbocycles. The average molecular weight is 472 g/mol. The molecule has 0 spiro atoms. The van der Waals surface area contributed by atoms with Gasteiger partial charge in [0.1, 0.15) is 23.7 Å². The number of aliphatic hydroxyl groups excluding tert-OH is 2. The lowest BCUT2D eigenvalue weighted by molar-refractivity contribution is -0.0209. The molecule has 3 N–H and O–H groups in total. The number of hydrogen-bond donors (Lipinski definition) is 3. The average Bonchev–Trinajstić information content (AvgIpc) is 3.22. The van der Waals surface area contributed by atoms with Gasteiger partial charge in [0.05, 0.1) is 38.7 Å². The summed E-state index contributed by atoms with van der Waals surface area (Å²) in [4.78, 5) is 17.1. The molecule has 0 radical (unpaired) electrons. The van der Waals surface area contributed by atoms with E-state index in [9.17, 15) is 15.0 Å². The van der Waals surface area contributed by atoms with Gasteiger partial charge in [0, 0.05) is 38.3 Å². The number of hydrogen-bond acceptors (Lipinski definition) is 8. The minimum atomic E-state index is -0.842. The molecule has 4 unspecified atom stereocenters. The summed E-state index contributed by atoms with van der Waals surface area (Å²) in [5.41, 5.74) is 1.56. The Bertz CT molecular complexity index is 948. The number of amides is 1. The highest BCUT2D eigenvalue weighted by molar-refractivity contribution is 5.94. The molecular formula is C25H33N3O6. The van der Waals surface area contributed by atoms with Crippen molar-refractivity contribution >= 4 is 11.6 Å². The van der Waals surface area contributed by atoms with E-state index in [1.807, 2.05) is 24.3 Å². The molecule has 1 amide bonds. The predicted molar refractivity (Wildman–Crippen MR) is 128 cm³/mol. The number of nitrogens with one attached hydrogen (secondary N) is 1. The summed E-state index contributed by atoms with van der Waals surface area (Å²) in [6.45, 7) is 2.91. The highest BCUT2D eigenvalue weighted by atomic mass is 16.5. The smallest absolute Gasteiger partial charge is 0.251 e. The molecule has 2 aliphatic heterocycles. The molecule has 9 nitrogen and oxygen atoms in total. The zero-order valence-electron chi connectivity index (χ0n) is 19.6. The van der Waals surface area contributed by atoms with Crippen LogP contribution in [0.25, 0.3) is 0 Å². The van der Waals surface area contributed by atoms with Gasteiger partial charge in [-0.25, -0.2) is 0 Å². The van der Waals surface area contributed by atoms with Gasteiger partial charge in [-0.1, -0.05) is 12.1 Å². The Morgan fingerprint density at radius 3 is 2.38 bits per heavy atom. The van der Waals surface area contributed by atoms with Crippen LogP contribution in [0.1, 0.15) is 10.4 Å². The van der Waals surface area contributed by atoms with Crippen molar-refractivity contribution in [1.82, 2.24) is 10.2 Å². The van der Waals surface area contributed by atoms with Crippen LogP contribution in [0.3, 0.4) is 0 Å². The van der Waals surface area contributed by atoms with Crippen LogP contribution in [0.5, 0.6) is 11.5 Å². The minimum absolute atomic E-state index is 0.229. The number of anilines is 1. The summed E-state index contributed by atoms with van der Waals surface area (Å²) < 4.78 is 16.6. The molecule has 184 valence electrons. The topological polar surface area (TPSA) is 104 Å². The van der Waals surface area contributed by atoms with Crippen molar-refractivity contribution in [2.45, 2.75) is 24.4 Å². The first-order valence-corrected chi connectivity index (χ1v) is 11.5. The van der Waals surface area contributed by atoms with E-state index in [1.165, 1.54) is 0 Å². The molecule has 0 bridgehead atoms. The molecule has 9 heteroatoms. The van der Waals surface area contributed by atoms with Crippen molar-refractivity contribution in [3.05, 3.63) is 54.1 Å². The van der Waals surface area contributed by atoms with Gasteiger partial charge in [0.2, 0.25) is 0 Å². The summed E-state index contributed by atoms with van der Waals surface area (Å²) >= 11 is 0. The van der Waals surface area contributed by atoms with Crippen LogP contribution in [0.15, 0.2) is 48.5 Å². The number of aliphatic hydroxyl groups is 2. The monoisotopic (exact) mass is 471 g/mol. The van der Waals surface area contributed by atoms with Gasteiger partial charge in [-0.3, -0.25) is 9.69 Å². The molecule has 0 aromatic heterocycles. The van der Waals surface area contributed by atoms with E-state index >= 15 is 0 Å². The Labute approximate surface area is 199 Å². The zero-order valence-corrected chi connectivity index (χ0v) is 19.6. The first kappa shape index (κ1) is 24.3. The van der Waals surface area contributed by atoms with Gasteiger partial charge in [0.25, 0.3) is 5.91 Å². The highest BCUT2D eigenvalue weighted by Crippen LogP contribution is 2.31. The van der Waals surface area contributed by atoms with E-state index in [1.54, 1.807) is 38.5 Å². The molecule has 2 aliphatic rings. The largest absolute Gasteiger partial charge is 0.497 e. The van der Waals surface area contributed by atoms with Crippen LogP contribution in [-0.4, -0.2) is 98.9 Å². The Morgan fingerprint density at radius 1 is 1.03 bits per heavy atom. The minimum Gasteiger partial charge on any atom is -0.497 e.